The highest BCUT2D eigenvalue weighted by atomic mass is 32.1. The van der Waals surface area contributed by atoms with Gasteiger partial charge < -0.3 is 5.32 Å². The van der Waals surface area contributed by atoms with E-state index in [0.717, 1.165) is 41.8 Å². The van der Waals surface area contributed by atoms with E-state index in [0.29, 0.717) is 11.5 Å². The van der Waals surface area contributed by atoms with Crippen LogP contribution in [0.1, 0.15) is 48.8 Å². The smallest absolute Gasteiger partial charge is 0.303 e. The van der Waals surface area contributed by atoms with Crippen LogP contribution in [0.4, 0.5) is 5.69 Å². The molecule has 2 amide bonds. The molecule has 3 aromatic rings. The molecular formula is C26H26N4O2S. The number of amides is 2. The van der Waals surface area contributed by atoms with Crippen LogP contribution in [0.25, 0.3) is 11.3 Å². The molecule has 1 fully saturated rings. The molecule has 0 saturated heterocycles. The summed E-state index contributed by atoms with van der Waals surface area (Å²) in [5.74, 6) is 2.09. The van der Waals surface area contributed by atoms with Gasteiger partial charge in [0.15, 0.2) is 6.04 Å². The van der Waals surface area contributed by atoms with E-state index in [-0.39, 0.29) is 11.9 Å². The van der Waals surface area contributed by atoms with Crippen molar-refractivity contribution in [2.75, 3.05) is 4.90 Å². The average Bonchev–Trinajstić information content (AvgIpc) is 3.37. The standard InChI is InChI=1S/C26H26N4O2S/c1-3-24(31)30(21-12-7-9-19(17-21)22-14-15-27-18(2)28-22)25(23-13-8-16-33-23)26(32)29-20-10-5-4-6-11-20/h1,7-9,12-17,20,25H,4-6,10-11H2,2H3,(H,29,32). The van der Waals surface area contributed by atoms with Gasteiger partial charge in [-0.1, -0.05) is 37.5 Å². The number of hydrogen-bond donors (Lipinski definition) is 1. The molecule has 1 saturated carbocycles. The molecule has 0 bridgehead atoms. The zero-order chi connectivity index (χ0) is 23.2. The van der Waals surface area contributed by atoms with Crippen molar-refractivity contribution in [2.24, 2.45) is 0 Å². The van der Waals surface area contributed by atoms with Gasteiger partial charge in [0.1, 0.15) is 5.82 Å². The molecule has 1 aliphatic carbocycles. The highest BCUT2D eigenvalue weighted by Crippen LogP contribution is 2.33. The number of thiophene rings is 1. The minimum Gasteiger partial charge on any atom is -0.351 e. The van der Waals surface area contributed by atoms with Crippen molar-refractivity contribution < 1.29 is 9.59 Å². The first kappa shape index (κ1) is 22.7. The number of nitrogens with one attached hydrogen (secondary N) is 1. The largest absolute Gasteiger partial charge is 0.351 e. The lowest BCUT2D eigenvalue weighted by Crippen LogP contribution is -2.46. The lowest BCUT2D eigenvalue weighted by atomic mass is 9.95. The molecule has 4 rings (SSSR count). The fraction of sp³-hybridized carbons (Fsp3) is 0.308. The first-order chi connectivity index (χ1) is 16.1. The summed E-state index contributed by atoms with van der Waals surface area (Å²) in [5, 5.41) is 5.07. The van der Waals surface area contributed by atoms with E-state index in [2.05, 4.69) is 21.2 Å². The van der Waals surface area contributed by atoms with Crippen molar-refractivity contribution in [1.82, 2.24) is 15.3 Å². The maximum absolute atomic E-state index is 13.6. The molecule has 1 unspecified atom stereocenters. The molecule has 1 N–H and O–H groups in total. The van der Waals surface area contributed by atoms with Crippen molar-refractivity contribution >= 4 is 28.8 Å². The second-order valence-electron chi connectivity index (χ2n) is 8.12. The SMILES string of the molecule is C#CC(=O)N(c1cccc(-c2ccnc(C)n2)c1)C(C(=O)NC1CCCCC1)c1cccs1. The Morgan fingerprint density at radius 2 is 2.00 bits per heavy atom. The van der Waals surface area contributed by atoms with E-state index in [1.807, 2.05) is 48.7 Å². The molecule has 1 atom stereocenters. The molecule has 0 spiro atoms. The summed E-state index contributed by atoms with van der Waals surface area (Å²) in [6, 6.07) is 12.2. The van der Waals surface area contributed by atoms with Gasteiger partial charge in [-0.3, -0.25) is 14.5 Å². The Kier molecular flexibility index (Phi) is 7.16. The van der Waals surface area contributed by atoms with Gasteiger partial charge in [-0.2, -0.15) is 0 Å². The number of terminal acetylenes is 1. The number of nitrogens with zero attached hydrogens (tertiary/aromatic N) is 3. The lowest BCUT2D eigenvalue weighted by Gasteiger charge is -2.31. The number of carbonyl (C=O) groups excluding carboxylic acids is 2. The van der Waals surface area contributed by atoms with Crippen molar-refractivity contribution in [1.29, 1.82) is 0 Å². The van der Waals surface area contributed by atoms with Gasteiger partial charge in [0, 0.05) is 28.4 Å². The predicted octanol–water partition coefficient (Wildman–Crippen LogP) is 4.67. The monoisotopic (exact) mass is 458 g/mol. The van der Waals surface area contributed by atoms with Crippen molar-refractivity contribution in [2.45, 2.75) is 51.1 Å². The Morgan fingerprint density at radius 3 is 2.70 bits per heavy atom. The number of aryl methyl sites for hydroxylation is 1. The summed E-state index contributed by atoms with van der Waals surface area (Å²) in [6.45, 7) is 1.82. The normalized spacial score (nSPS) is 14.8. The van der Waals surface area contributed by atoms with E-state index < -0.39 is 11.9 Å². The number of benzene rings is 1. The summed E-state index contributed by atoms with van der Waals surface area (Å²) >= 11 is 1.43. The van der Waals surface area contributed by atoms with Crippen molar-refractivity contribution in [3.8, 4) is 23.6 Å². The van der Waals surface area contributed by atoms with Crippen LogP contribution < -0.4 is 10.2 Å². The fourth-order valence-electron chi connectivity index (χ4n) is 4.23. The number of aromatic nitrogens is 2. The summed E-state index contributed by atoms with van der Waals surface area (Å²) in [6.07, 6.45) is 12.6. The van der Waals surface area contributed by atoms with Crippen molar-refractivity contribution in [3.63, 3.8) is 0 Å². The van der Waals surface area contributed by atoms with Gasteiger partial charge >= 0.3 is 5.91 Å². The molecule has 1 aliphatic rings. The summed E-state index contributed by atoms with van der Waals surface area (Å²) in [7, 11) is 0. The van der Waals surface area contributed by atoms with E-state index in [9.17, 15) is 9.59 Å². The topological polar surface area (TPSA) is 75.2 Å². The van der Waals surface area contributed by atoms with Crippen LogP contribution >= 0.6 is 11.3 Å². The summed E-state index contributed by atoms with van der Waals surface area (Å²) in [4.78, 5) is 37.4. The molecule has 2 aromatic heterocycles. The highest BCUT2D eigenvalue weighted by Gasteiger charge is 2.34. The number of hydrogen-bond acceptors (Lipinski definition) is 5. The van der Waals surface area contributed by atoms with Gasteiger partial charge in [-0.05, 0) is 55.3 Å². The molecule has 33 heavy (non-hydrogen) atoms. The summed E-state index contributed by atoms with van der Waals surface area (Å²) in [5.41, 5.74) is 2.09. The zero-order valence-electron chi connectivity index (χ0n) is 18.5. The van der Waals surface area contributed by atoms with E-state index in [4.69, 9.17) is 6.42 Å². The number of rotatable bonds is 6. The van der Waals surface area contributed by atoms with Crippen LogP contribution in [0, 0.1) is 19.3 Å². The molecule has 168 valence electrons. The second-order valence-corrected chi connectivity index (χ2v) is 9.10. The summed E-state index contributed by atoms with van der Waals surface area (Å²) < 4.78 is 0. The maximum atomic E-state index is 13.6. The molecule has 0 radical (unpaired) electrons. The first-order valence-corrected chi connectivity index (χ1v) is 12.0. The minimum absolute atomic E-state index is 0.117. The zero-order valence-corrected chi connectivity index (χ0v) is 19.3. The minimum atomic E-state index is -0.849. The fourth-order valence-corrected chi connectivity index (χ4v) is 5.05. The van der Waals surface area contributed by atoms with Gasteiger partial charge in [-0.15, -0.1) is 17.8 Å². The number of anilines is 1. The average molecular weight is 459 g/mol. The highest BCUT2D eigenvalue weighted by molar-refractivity contribution is 7.10. The molecule has 2 heterocycles. The Bertz CT molecular complexity index is 1160. The van der Waals surface area contributed by atoms with Crippen molar-refractivity contribution in [3.05, 3.63) is 64.7 Å². The van der Waals surface area contributed by atoms with Crippen LogP contribution in [0.2, 0.25) is 0 Å². The Labute approximate surface area is 198 Å². The van der Waals surface area contributed by atoms with Gasteiger partial charge in [0.2, 0.25) is 5.91 Å². The molecular weight excluding hydrogens is 432 g/mol. The van der Waals surface area contributed by atoms with Crippen LogP contribution in [0.15, 0.2) is 54.0 Å². The third-order valence-corrected chi connectivity index (χ3v) is 6.73. The van der Waals surface area contributed by atoms with Crippen LogP contribution in [0.3, 0.4) is 0 Å². The van der Waals surface area contributed by atoms with Gasteiger partial charge in [0.05, 0.1) is 5.69 Å². The Hall–Kier alpha value is -3.50. The predicted molar refractivity (Wildman–Crippen MR) is 131 cm³/mol. The molecule has 0 aliphatic heterocycles. The maximum Gasteiger partial charge on any atom is 0.303 e. The molecule has 1 aromatic carbocycles. The van der Waals surface area contributed by atoms with Crippen LogP contribution in [0.5, 0.6) is 0 Å². The van der Waals surface area contributed by atoms with Crippen LogP contribution in [-0.4, -0.2) is 27.8 Å². The molecule has 7 heteroatoms. The number of carbonyl (C=O) groups is 2. The quantitative estimate of drug-likeness (QED) is 0.545. The van der Waals surface area contributed by atoms with E-state index >= 15 is 0 Å². The van der Waals surface area contributed by atoms with Crippen LogP contribution in [-0.2, 0) is 9.59 Å². The van der Waals surface area contributed by atoms with E-state index in [1.54, 1.807) is 12.3 Å². The van der Waals surface area contributed by atoms with Gasteiger partial charge in [0.25, 0.3) is 0 Å². The Morgan fingerprint density at radius 1 is 1.18 bits per heavy atom. The molecule has 6 nitrogen and oxygen atoms in total. The van der Waals surface area contributed by atoms with E-state index in [1.165, 1.54) is 22.7 Å². The second kappa shape index (κ2) is 10.4. The first-order valence-electron chi connectivity index (χ1n) is 11.1. The third-order valence-electron chi connectivity index (χ3n) is 5.81. The lowest BCUT2D eigenvalue weighted by molar-refractivity contribution is -0.125. The third kappa shape index (κ3) is 5.29. The van der Waals surface area contributed by atoms with Gasteiger partial charge in [-0.25, -0.2) is 9.97 Å². The Balaban J connectivity index is 1.74.